The normalized spacial score (nSPS) is 29.2. The largest absolute Gasteiger partial charge is 0.134 e. The highest BCUT2D eigenvalue weighted by Gasteiger charge is 2.00. The van der Waals surface area contributed by atoms with Gasteiger partial charge in [0.1, 0.15) is 0 Å². The molecule has 0 fully saturated rings. The van der Waals surface area contributed by atoms with Crippen LogP contribution >= 0.6 is 9.24 Å². The summed E-state index contributed by atoms with van der Waals surface area (Å²) in [5.41, 5.74) is 0.849. The molecular weight excluding hydrogens is 127 g/mol. The number of hydrogen-bond donors (Lipinski definition) is 0. The monoisotopic (exact) mass is 142 g/mol. The van der Waals surface area contributed by atoms with Gasteiger partial charge in [0, 0.05) is 0 Å². The van der Waals surface area contributed by atoms with Crippen LogP contribution in [-0.4, -0.2) is 5.66 Å². The molecule has 1 aliphatic rings. The van der Waals surface area contributed by atoms with Crippen molar-refractivity contribution < 1.29 is 0 Å². The van der Waals surface area contributed by atoms with Gasteiger partial charge in [0.2, 0.25) is 0 Å². The van der Waals surface area contributed by atoms with Crippen LogP contribution in [0, 0.1) is 0 Å². The Bertz CT molecular complexity index is 96.7. The van der Waals surface area contributed by atoms with Gasteiger partial charge in [-0.25, -0.2) is 0 Å². The van der Waals surface area contributed by atoms with Gasteiger partial charge in [-0.05, 0) is 31.3 Å². The van der Waals surface area contributed by atoms with Crippen LogP contribution in [0.3, 0.4) is 0 Å². The van der Waals surface area contributed by atoms with E-state index in [0.717, 1.165) is 5.66 Å². The Morgan fingerprint density at radius 3 is 3.00 bits per heavy atom. The highest BCUT2D eigenvalue weighted by molar-refractivity contribution is 7.17. The maximum atomic E-state index is 2.91. The first kappa shape index (κ1) is 7.28. The van der Waals surface area contributed by atoms with Crippen molar-refractivity contribution in [3.8, 4) is 0 Å². The van der Waals surface area contributed by atoms with Gasteiger partial charge >= 0.3 is 0 Å². The lowest BCUT2D eigenvalue weighted by atomic mass is 10.1. The molecule has 0 radical (unpaired) electrons. The molecule has 9 heavy (non-hydrogen) atoms. The zero-order valence-electron chi connectivity index (χ0n) is 5.84. The molecule has 0 N–H and O–H groups in total. The highest BCUT2D eigenvalue weighted by Crippen LogP contribution is 2.17. The lowest BCUT2D eigenvalue weighted by Gasteiger charge is -2.09. The van der Waals surface area contributed by atoms with Crippen LogP contribution in [0.1, 0.15) is 32.1 Å². The lowest BCUT2D eigenvalue weighted by Crippen LogP contribution is -1.96. The summed E-state index contributed by atoms with van der Waals surface area (Å²) < 4.78 is 0. The predicted molar refractivity (Wildman–Crippen MR) is 45.7 cm³/mol. The van der Waals surface area contributed by atoms with Gasteiger partial charge < -0.3 is 0 Å². The zero-order chi connectivity index (χ0) is 6.53. The van der Waals surface area contributed by atoms with Crippen molar-refractivity contribution in [2.45, 2.75) is 37.8 Å². The van der Waals surface area contributed by atoms with Gasteiger partial charge in [-0.3, -0.25) is 0 Å². The predicted octanol–water partition coefficient (Wildman–Crippen LogP) is 2.75. The standard InChI is InChI=1S/C8H15P/c9-8-6-4-2-1-3-5-7-8/h2,4,8H,1,3,5-7,9H2. The average molecular weight is 142 g/mol. The maximum absolute atomic E-state index is 2.91. The van der Waals surface area contributed by atoms with Crippen molar-refractivity contribution in [1.82, 2.24) is 0 Å². The number of allylic oxidation sites excluding steroid dienone is 2. The number of hydrogen-bond acceptors (Lipinski definition) is 0. The Morgan fingerprint density at radius 1 is 1.22 bits per heavy atom. The van der Waals surface area contributed by atoms with E-state index in [1.165, 1.54) is 32.1 Å². The van der Waals surface area contributed by atoms with Crippen molar-refractivity contribution in [1.29, 1.82) is 0 Å². The SMILES string of the molecule is PC1CC=CCCCC1. The molecule has 1 rings (SSSR count). The van der Waals surface area contributed by atoms with E-state index in [1.807, 2.05) is 0 Å². The Hall–Kier alpha value is 0.170. The average Bonchev–Trinajstić information content (AvgIpc) is 1.79. The Morgan fingerprint density at radius 2 is 2.11 bits per heavy atom. The van der Waals surface area contributed by atoms with E-state index in [1.54, 1.807) is 0 Å². The fourth-order valence-electron chi connectivity index (χ4n) is 1.18. The second-order valence-electron chi connectivity index (χ2n) is 2.75. The van der Waals surface area contributed by atoms with E-state index in [-0.39, 0.29) is 0 Å². The van der Waals surface area contributed by atoms with Crippen molar-refractivity contribution >= 4 is 9.24 Å². The second kappa shape index (κ2) is 4.06. The maximum Gasteiger partial charge on any atom is -0.0230 e. The summed E-state index contributed by atoms with van der Waals surface area (Å²) >= 11 is 0. The smallest absolute Gasteiger partial charge is 0.0230 e. The molecule has 1 heteroatoms. The van der Waals surface area contributed by atoms with Crippen LogP contribution in [0.15, 0.2) is 12.2 Å². The molecule has 0 bridgehead atoms. The molecule has 0 amide bonds. The van der Waals surface area contributed by atoms with E-state index in [0.29, 0.717) is 0 Å². The third-order valence-electron chi connectivity index (χ3n) is 1.80. The van der Waals surface area contributed by atoms with Crippen LogP contribution in [0.4, 0.5) is 0 Å². The summed E-state index contributed by atoms with van der Waals surface area (Å²) in [6, 6.07) is 0. The Labute approximate surface area is 59.9 Å². The molecule has 1 aliphatic carbocycles. The minimum absolute atomic E-state index is 0.849. The van der Waals surface area contributed by atoms with Gasteiger partial charge in [-0.2, -0.15) is 0 Å². The molecule has 0 aromatic carbocycles. The summed E-state index contributed by atoms with van der Waals surface area (Å²) in [6.45, 7) is 0. The first-order valence-corrected chi connectivity index (χ1v) is 4.47. The topological polar surface area (TPSA) is 0 Å². The van der Waals surface area contributed by atoms with E-state index >= 15 is 0 Å². The van der Waals surface area contributed by atoms with Crippen LogP contribution in [0.2, 0.25) is 0 Å². The van der Waals surface area contributed by atoms with Crippen LogP contribution < -0.4 is 0 Å². The van der Waals surface area contributed by atoms with Gasteiger partial charge in [-0.15, -0.1) is 9.24 Å². The second-order valence-corrected chi connectivity index (χ2v) is 3.69. The summed E-state index contributed by atoms with van der Waals surface area (Å²) in [7, 11) is 2.91. The third-order valence-corrected chi connectivity index (χ3v) is 2.41. The summed E-state index contributed by atoms with van der Waals surface area (Å²) in [5, 5.41) is 0. The molecule has 0 aromatic rings. The van der Waals surface area contributed by atoms with Crippen LogP contribution in [0.5, 0.6) is 0 Å². The quantitative estimate of drug-likeness (QED) is 0.360. The fraction of sp³-hybridized carbons (Fsp3) is 0.750. The zero-order valence-corrected chi connectivity index (χ0v) is 7.00. The molecule has 0 spiro atoms. The van der Waals surface area contributed by atoms with Crippen molar-refractivity contribution in [3.63, 3.8) is 0 Å². The summed E-state index contributed by atoms with van der Waals surface area (Å²) in [4.78, 5) is 0. The van der Waals surface area contributed by atoms with Crippen molar-refractivity contribution in [2.75, 3.05) is 0 Å². The highest BCUT2D eigenvalue weighted by atomic mass is 31.0. The van der Waals surface area contributed by atoms with Gasteiger partial charge in [0.15, 0.2) is 0 Å². The first-order chi connectivity index (χ1) is 4.39. The minimum Gasteiger partial charge on any atom is -0.134 e. The molecule has 0 aromatic heterocycles. The van der Waals surface area contributed by atoms with Crippen molar-refractivity contribution in [2.24, 2.45) is 0 Å². The van der Waals surface area contributed by atoms with Crippen molar-refractivity contribution in [3.05, 3.63) is 12.2 Å². The van der Waals surface area contributed by atoms with Crippen LogP contribution in [-0.2, 0) is 0 Å². The first-order valence-electron chi connectivity index (χ1n) is 3.80. The van der Waals surface area contributed by atoms with E-state index < -0.39 is 0 Å². The fourth-order valence-corrected chi connectivity index (χ4v) is 1.57. The van der Waals surface area contributed by atoms with Gasteiger partial charge in [0.05, 0.1) is 0 Å². The molecule has 0 saturated heterocycles. The molecule has 2 atom stereocenters. The molecule has 2 unspecified atom stereocenters. The molecule has 52 valence electrons. The molecule has 0 nitrogen and oxygen atoms in total. The van der Waals surface area contributed by atoms with E-state index in [4.69, 9.17) is 0 Å². The van der Waals surface area contributed by atoms with Gasteiger partial charge in [-0.1, -0.05) is 18.6 Å². The Kier molecular flexibility index (Phi) is 3.28. The summed E-state index contributed by atoms with van der Waals surface area (Å²) in [6.07, 6.45) is 11.4. The molecular formula is C8H15P. The van der Waals surface area contributed by atoms with E-state index in [2.05, 4.69) is 21.4 Å². The minimum atomic E-state index is 0.849. The lowest BCUT2D eigenvalue weighted by molar-refractivity contribution is 0.649. The van der Waals surface area contributed by atoms with E-state index in [9.17, 15) is 0 Å². The molecule has 0 heterocycles. The van der Waals surface area contributed by atoms with Crippen LogP contribution in [0.25, 0.3) is 0 Å². The molecule has 0 saturated carbocycles. The number of rotatable bonds is 0. The van der Waals surface area contributed by atoms with Gasteiger partial charge in [0.25, 0.3) is 0 Å². The Balaban J connectivity index is 2.28. The third kappa shape index (κ3) is 3.01. The summed E-state index contributed by atoms with van der Waals surface area (Å²) in [5.74, 6) is 0. The molecule has 0 aliphatic heterocycles.